The number of nitrogens with one attached hydrogen (secondary N) is 1. The SMILES string of the molecule is CCNC1(C(=O)O)CCCC1CCN1CC2CCC(C1)O2. The fourth-order valence-electron chi connectivity index (χ4n) is 4.59. The van der Waals surface area contributed by atoms with Crippen molar-refractivity contribution in [3.63, 3.8) is 0 Å². The molecule has 0 radical (unpaired) electrons. The molecule has 3 aliphatic rings. The average Bonchev–Trinajstić information content (AvgIpc) is 3.01. The summed E-state index contributed by atoms with van der Waals surface area (Å²) < 4.78 is 5.87. The molecule has 5 heteroatoms. The Morgan fingerprint density at radius 1 is 1.33 bits per heavy atom. The van der Waals surface area contributed by atoms with Crippen molar-refractivity contribution in [2.75, 3.05) is 26.2 Å². The van der Waals surface area contributed by atoms with Gasteiger partial charge in [-0.2, -0.15) is 0 Å². The van der Waals surface area contributed by atoms with Gasteiger partial charge in [-0.15, -0.1) is 0 Å². The number of ether oxygens (including phenoxy) is 1. The molecular weight excluding hydrogens is 268 g/mol. The van der Waals surface area contributed by atoms with Crippen LogP contribution in [0.5, 0.6) is 0 Å². The number of carbonyl (C=O) groups is 1. The number of carboxylic acids is 1. The predicted octanol–water partition coefficient (Wildman–Crippen LogP) is 1.47. The van der Waals surface area contributed by atoms with Gasteiger partial charge in [-0.25, -0.2) is 0 Å². The van der Waals surface area contributed by atoms with Crippen LogP contribution in [-0.4, -0.2) is 59.9 Å². The van der Waals surface area contributed by atoms with E-state index in [1.54, 1.807) is 0 Å². The van der Waals surface area contributed by atoms with Crippen molar-refractivity contribution in [3.8, 4) is 0 Å². The van der Waals surface area contributed by atoms with Crippen LogP contribution in [0.1, 0.15) is 45.4 Å². The number of fused-ring (bicyclic) bond motifs is 2. The molecule has 3 rings (SSSR count). The van der Waals surface area contributed by atoms with E-state index in [1.807, 2.05) is 6.92 Å². The van der Waals surface area contributed by atoms with Crippen LogP contribution in [0, 0.1) is 5.92 Å². The summed E-state index contributed by atoms with van der Waals surface area (Å²) in [5.41, 5.74) is -0.681. The van der Waals surface area contributed by atoms with Gasteiger partial charge in [-0.3, -0.25) is 9.69 Å². The maximum atomic E-state index is 11.8. The first-order valence-corrected chi connectivity index (χ1v) is 8.50. The maximum absolute atomic E-state index is 11.8. The van der Waals surface area contributed by atoms with Crippen molar-refractivity contribution >= 4 is 5.97 Å². The van der Waals surface area contributed by atoms with Crippen molar-refractivity contribution in [3.05, 3.63) is 0 Å². The second-order valence-corrected chi connectivity index (χ2v) is 6.90. The lowest BCUT2D eigenvalue weighted by Gasteiger charge is -2.36. The van der Waals surface area contributed by atoms with E-state index < -0.39 is 11.5 Å². The highest BCUT2D eigenvalue weighted by Crippen LogP contribution is 2.38. The lowest BCUT2D eigenvalue weighted by Crippen LogP contribution is -2.55. The monoisotopic (exact) mass is 296 g/mol. The molecular formula is C16H28N2O3. The third-order valence-electron chi connectivity index (χ3n) is 5.61. The van der Waals surface area contributed by atoms with Crippen molar-refractivity contribution in [1.29, 1.82) is 0 Å². The van der Waals surface area contributed by atoms with Crippen LogP contribution >= 0.6 is 0 Å². The highest BCUT2D eigenvalue weighted by atomic mass is 16.5. The quantitative estimate of drug-likeness (QED) is 0.777. The molecule has 0 aromatic heterocycles. The molecule has 1 saturated carbocycles. The number of hydrogen-bond acceptors (Lipinski definition) is 4. The molecule has 3 fully saturated rings. The molecule has 0 aromatic rings. The molecule has 2 heterocycles. The minimum absolute atomic E-state index is 0.260. The molecule has 0 spiro atoms. The zero-order valence-electron chi connectivity index (χ0n) is 13.0. The van der Waals surface area contributed by atoms with Crippen molar-refractivity contribution < 1.29 is 14.6 Å². The Labute approximate surface area is 127 Å². The fourth-order valence-corrected chi connectivity index (χ4v) is 4.59. The van der Waals surface area contributed by atoms with E-state index in [-0.39, 0.29) is 5.92 Å². The normalized spacial score (nSPS) is 39.8. The van der Waals surface area contributed by atoms with Crippen molar-refractivity contribution in [1.82, 2.24) is 10.2 Å². The number of carboxylic acid groups (broad SMARTS) is 1. The second-order valence-electron chi connectivity index (χ2n) is 6.90. The third kappa shape index (κ3) is 2.96. The summed E-state index contributed by atoms with van der Waals surface area (Å²) in [6.45, 7) is 5.81. The number of likely N-dealkylation sites (N-methyl/N-ethyl adjacent to an activating group) is 1. The van der Waals surface area contributed by atoms with Crippen LogP contribution in [0.3, 0.4) is 0 Å². The molecule has 1 aliphatic carbocycles. The summed E-state index contributed by atoms with van der Waals surface area (Å²) in [6.07, 6.45) is 7.06. The molecule has 21 heavy (non-hydrogen) atoms. The van der Waals surface area contributed by atoms with Gasteiger partial charge in [0.05, 0.1) is 12.2 Å². The Kier molecular flexibility index (Phi) is 4.52. The topological polar surface area (TPSA) is 61.8 Å². The van der Waals surface area contributed by atoms with Crippen molar-refractivity contribution in [2.45, 2.75) is 63.2 Å². The smallest absolute Gasteiger partial charge is 0.324 e. The van der Waals surface area contributed by atoms with Gasteiger partial charge in [0.15, 0.2) is 0 Å². The van der Waals surface area contributed by atoms with Gasteiger partial charge in [0.1, 0.15) is 5.54 Å². The molecule has 120 valence electrons. The van der Waals surface area contributed by atoms with Crippen LogP contribution in [0.4, 0.5) is 0 Å². The molecule has 0 amide bonds. The van der Waals surface area contributed by atoms with Crippen LogP contribution in [0.15, 0.2) is 0 Å². The number of hydrogen-bond donors (Lipinski definition) is 2. The summed E-state index contributed by atoms with van der Waals surface area (Å²) in [7, 11) is 0. The zero-order chi connectivity index (χ0) is 14.9. The lowest BCUT2D eigenvalue weighted by molar-refractivity contribution is -0.146. The molecule has 2 aliphatic heterocycles. The molecule has 2 N–H and O–H groups in total. The molecule has 4 unspecified atom stereocenters. The number of morpholine rings is 1. The Balaban J connectivity index is 1.57. The summed E-state index contributed by atoms with van der Waals surface area (Å²) in [5.74, 6) is -0.399. The summed E-state index contributed by atoms with van der Waals surface area (Å²) in [4.78, 5) is 14.3. The largest absolute Gasteiger partial charge is 0.480 e. The third-order valence-corrected chi connectivity index (χ3v) is 5.61. The van der Waals surface area contributed by atoms with E-state index in [0.717, 1.165) is 51.9 Å². The van der Waals surface area contributed by atoms with Crippen LogP contribution in [0.2, 0.25) is 0 Å². The maximum Gasteiger partial charge on any atom is 0.324 e. The number of nitrogens with zero attached hydrogens (tertiary/aromatic N) is 1. The second kappa shape index (κ2) is 6.23. The Bertz CT molecular complexity index is 378. The number of aliphatic carboxylic acids is 1. The molecule has 2 saturated heterocycles. The first-order chi connectivity index (χ1) is 10.1. The number of rotatable bonds is 6. The van der Waals surface area contributed by atoms with E-state index in [9.17, 15) is 9.90 Å². The van der Waals surface area contributed by atoms with E-state index in [2.05, 4.69) is 10.2 Å². The Morgan fingerprint density at radius 3 is 2.67 bits per heavy atom. The van der Waals surface area contributed by atoms with Gasteiger partial charge < -0.3 is 15.2 Å². The van der Waals surface area contributed by atoms with E-state index >= 15 is 0 Å². The molecule has 2 bridgehead atoms. The minimum Gasteiger partial charge on any atom is -0.480 e. The van der Waals surface area contributed by atoms with Gasteiger partial charge in [0.25, 0.3) is 0 Å². The highest BCUT2D eigenvalue weighted by molar-refractivity contribution is 5.79. The molecule has 4 atom stereocenters. The van der Waals surface area contributed by atoms with Gasteiger partial charge in [0.2, 0.25) is 0 Å². The lowest BCUT2D eigenvalue weighted by atomic mass is 9.84. The Hall–Kier alpha value is -0.650. The molecule has 0 aromatic carbocycles. The minimum atomic E-state index is -0.681. The van der Waals surface area contributed by atoms with Crippen molar-refractivity contribution in [2.24, 2.45) is 5.92 Å². The van der Waals surface area contributed by atoms with Gasteiger partial charge >= 0.3 is 5.97 Å². The first-order valence-electron chi connectivity index (χ1n) is 8.50. The van der Waals surface area contributed by atoms with Crippen LogP contribution < -0.4 is 5.32 Å². The van der Waals surface area contributed by atoms with E-state index in [0.29, 0.717) is 12.2 Å². The summed E-state index contributed by atoms with van der Waals surface area (Å²) >= 11 is 0. The number of likely N-dealkylation sites (tertiary alicyclic amines) is 1. The van der Waals surface area contributed by atoms with E-state index in [4.69, 9.17) is 4.74 Å². The van der Waals surface area contributed by atoms with Crippen LogP contribution in [-0.2, 0) is 9.53 Å². The zero-order valence-corrected chi connectivity index (χ0v) is 13.0. The van der Waals surface area contributed by atoms with Gasteiger partial charge in [-0.05, 0) is 51.1 Å². The van der Waals surface area contributed by atoms with Crippen LogP contribution in [0.25, 0.3) is 0 Å². The van der Waals surface area contributed by atoms with Gasteiger partial charge in [0, 0.05) is 13.1 Å². The molecule has 5 nitrogen and oxygen atoms in total. The average molecular weight is 296 g/mol. The fraction of sp³-hybridized carbons (Fsp3) is 0.938. The predicted molar refractivity (Wildman–Crippen MR) is 80.3 cm³/mol. The summed E-state index contributed by atoms with van der Waals surface area (Å²) in [5, 5.41) is 13.0. The van der Waals surface area contributed by atoms with E-state index in [1.165, 1.54) is 12.8 Å². The van der Waals surface area contributed by atoms with Gasteiger partial charge in [-0.1, -0.05) is 13.3 Å². The highest BCUT2D eigenvalue weighted by Gasteiger charge is 2.48. The first kappa shape index (κ1) is 15.3. The summed E-state index contributed by atoms with van der Waals surface area (Å²) in [6, 6.07) is 0. The Morgan fingerprint density at radius 2 is 2.05 bits per heavy atom. The standard InChI is InChI=1S/C16H28N2O3/c1-2-17-16(15(19)20)8-3-4-12(16)7-9-18-10-13-5-6-14(11-18)21-13/h12-14,17H,2-11H2,1H3,(H,19,20).